The Morgan fingerprint density at radius 3 is 1.87 bits per heavy atom. The van der Waals surface area contributed by atoms with Gasteiger partial charge in [-0.3, -0.25) is 0 Å². The van der Waals surface area contributed by atoms with Gasteiger partial charge in [-0.2, -0.15) is 13.2 Å². The molecule has 5 heteroatoms. The highest BCUT2D eigenvalue weighted by molar-refractivity contribution is 5.89. The Morgan fingerprint density at radius 2 is 1.43 bits per heavy atom. The van der Waals surface area contributed by atoms with Gasteiger partial charge < -0.3 is 4.74 Å². The van der Waals surface area contributed by atoms with Gasteiger partial charge in [-0.1, -0.05) is 36.4 Å². The number of halogens is 3. The van der Waals surface area contributed by atoms with Crippen molar-refractivity contribution >= 4 is 18.1 Å². The minimum absolute atomic E-state index is 0.314. The van der Waals surface area contributed by atoms with Crippen LogP contribution in [0.3, 0.4) is 0 Å². The smallest absolute Gasteiger partial charge is 0.416 e. The summed E-state index contributed by atoms with van der Waals surface area (Å²) in [6, 6.07) is 11.7. The van der Waals surface area contributed by atoms with E-state index >= 15 is 0 Å². The third-order valence-electron chi connectivity index (χ3n) is 3.13. The molecular formula is C18H15F3O2. The summed E-state index contributed by atoms with van der Waals surface area (Å²) in [6.07, 6.45) is -0.859. The van der Waals surface area contributed by atoms with E-state index in [1.165, 1.54) is 12.1 Å². The second-order valence-corrected chi connectivity index (χ2v) is 4.80. The van der Waals surface area contributed by atoms with E-state index in [1.54, 1.807) is 43.3 Å². The Labute approximate surface area is 132 Å². The molecule has 2 nitrogen and oxygen atoms in total. The topological polar surface area (TPSA) is 26.3 Å². The molecule has 0 fully saturated rings. The van der Waals surface area contributed by atoms with Gasteiger partial charge in [0.2, 0.25) is 0 Å². The van der Waals surface area contributed by atoms with Crippen LogP contribution in [0.25, 0.3) is 12.2 Å². The highest BCUT2D eigenvalue weighted by atomic mass is 19.4. The monoisotopic (exact) mass is 320 g/mol. The predicted octanol–water partition coefficient (Wildman–Crippen LogP) is 5.05. The fourth-order valence-electron chi connectivity index (χ4n) is 1.92. The Kier molecular flexibility index (Phi) is 5.21. The number of hydrogen-bond donors (Lipinski definition) is 0. The van der Waals surface area contributed by atoms with Crippen molar-refractivity contribution < 1.29 is 22.7 Å². The Hall–Kier alpha value is -2.56. The maximum Gasteiger partial charge on any atom is 0.416 e. The number of esters is 1. The van der Waals surface area contributed by atoms with Gasteiger partial charge in [0.15, 0.2) is 0 Å². The summed E-state index contributed by atoms with van der Waals surface area (Å²) < 4.78 is 42.3. The molecule has 2 rings (SSSR count). The van der Waals surface area contributed by atoms with E-state index < -0.39 is 11.7 Å². The SMILES string of the molecule is CCOC(=O)c1ccc(/C=C/c2ccc(C(F)(F)F)cc2)cc1. The van der Waals surface area contributed by atoms with Crippen LogP contribution in [0, 0.1) is 0 Å². The van der Waals surface area contributed by atoms with Gasteiger partial charge in [-0.25, -0.2) is 4.79 Å². The van der Waals surface area contributed by atoms with Crippen molar-refractivity contribution in [3.8, 4) is 0 Å². The van der Waals surface area contributed by atoms with Gasteiger partial charge in [0.1, 0.15) is 0 Å². The average molecular weight is 320 g/mol. The third-order valence-corrected chi connectivity index (χ3v) is 3.13. The molecular weight excluding hydrogens is 305 g/mol. The van der Waals surface area contributed by atoms with E-state index in [2.05, 4.69) is 0 Å². The molecule has 0 atom stereocenters. The molecule has 0 aliphatic rings. The van der Waals surface area contributed by atoms with Crippen LogP contribution >= 0.6 is 0 Å². The van der Waals surface area contributed by atoms with Crippen molar-refractivity contribution in [3.05, 3.63) is 70.8 Å². The molecule has 120 valence electrons. The molecule has 0 bridgehead atoms. The van der Waals surface area contributed by atoms with Crippen LogP contribution in [0.15, 0.2) is 48.5 Å². The molecule has 0 amide bonds. The number of carbonyl (C=O) groups is 1. The van der Waals surface area contributed by atoms with E-state index in [-0.39, 0.29) is 5.97 Å². The molecule has 2 aromatic carbocycles. The standard InChI is InChI=1S/C18H15F3O2/c1-2-23-17(22)15-9-5-13(6-10-15)3-4-14-7-11-16(12-8-14)18(19,20)21/h3-12H,2H2,1H3/b4-3+. The molecule has 0 spiro atoms. The van der Waals surface area contributed by atoms with E-state index in [9.17, 15) is 18.0 Å². The molecule has 2 aromatic rings. The number of hydrogen-bond acceptors (Lipinski definition) is 2. The van der Waals surface area contributed by atoms with Gasteiger partial charge in [-0.15, -0.1) is 0 Å². The molecule has 0 aliphatic heterocycles. The first-order valence-corrected chi connectivity index (χ1v) is 7.02. The lowest BCUT2D eigenvalue weighted by molar-refractivity contribution is -0.137. The third kappa shape index (κ3) is 4.71. The lowest BCUT2D eigenvalue weighted by atomic mass is 10.1. The molecule has 0 N–H and O–H groups in total. The van der Waals surface area contributed by atoms with E-state index in [0.717, 1.165) is 17.7 Å². The van der Waals surface area contributed by atoms with Gasteiger partial charge in [-0.05, 0) is 42.3 Å². The summed E-state index contributed by atoms with van der Waals surface area (Å²) in [4.78, 5) is 11.5. The van der Waals surface area contributed by atoms with Gasteiger partial charge in [0.25, 0.3) is 0 Å². The second kappa shape index (κ2) is 7.13. The Bertz CT molecular complexity index is 684. The number of rotatable bonds is 4. The van der Waals surface area contributed by atoms with Crippen LogP contribution in [0.4, 0.5) is 13.2 Å². The van der Waals surface area contributed by atoms with Crippen LogP contribution < -0.4 is 0 Å². The van der Waals surface area contributed by atoms with Gasteiger partial charge >= 0.3 is 12.1 Å². The van der Waals surface area contributed by atoms with Crippen LogP contribution in [-0.4, -0.2) is 12.6 Å². The lowest BCUT2D eigenvalue weighted by Gasteiger charge is -2.06. The molecule has 0 radical (unpaired) electrons. The molecule has 0 saturated carbocycles. The lowest BCUT2D eigenvalue weighted by Crippen LogP contribution is -2.04. The zero-order chi connectivity index (χ0) is 16.9. The maximum absolute atomic E-state index is 12.5. The summed E-state index contributed by atoms with van der Waals surface area (Å²) in [5, 5.41) is 0. The zero-order valence-corrected chi connectivity index (χ0v) is 12.4. The fourth-order valence-corrected chi connectivity index (χ4v) is 1.92. The quantitative estimate of drug-likeness (QED) is 0.582. The molecule has 23 heavy (non-hydrogen) atoms. The van der Waals surface area contributed by atoms with Crippen molar-refractivity contribution in [2.45, 2.75) is 13.1 Å². The Balaban J connectivity index is 2.07. The Morgan fingerprint density at radius 1 is 0.957 bits per heavy atom. The maximum atomic E-state index is 12.5. The van der Waals surface area contributed by atoms with E-state index in [0.29, 0.717) is 17.7 Å². The number of benzene rings is 2. The zero-order valence-electron chi connectivity index (χ0n) is 12.4. The number of alkyl halides is 3. The van der Waals surface area contributed by atoms with Crippen LogP contribution in [0.1, 0.15) is 34.0 Å². The fraction of sp³-hybridized carbons (Fsp3) is 0.167. The van der Waals surface area contributed by atoms with E-state index in [1.807, 2.05) is 0 Å². The minimum atomic E-state index is -4.33. The molecule has 0 unspecified atom stereocenters. The first kappa shape index (κ1) is 16.8. The van der Waals surface area contributed by atoms with Crippen molar-refractivity contribution in [2.75, 3.05) is 6.61 Å². The highest BCUT2D eigenvalue weighted by Gasteiger charge is 2.29. The molecule has 0 aromatic heterocycles. The van der Waals surface area contributed by atoms with Crippen LogP contribution in [-0.2, 0) is 10.9 Å². The van der Waals surface area contributed by atoms with Crippen molar-refractivity contribution in [1.82, 2.24) is 0 Å². The van der Waals surface area contributed by atoms with Gasteiger partial charge in [0, 0.05) is 0 Å². The van der Waals surface area contributed by atoms with Crippen LogP contribution in [0.2, 0.25) is 0 Å². The second-order valence-electron chi connectivity index (χ2n) is 4.80. The molecule has 0 saturated heterocycles. The summed E-state index contributed by atoms with van der Waals surface area (Å²) in [7, 11) is 0. The summed E-state index contributed by atoms with van der Waals surface area (Å²) >= 11 is 0. The summed E-state index contributed by atoms with van der Waals surface area (Å²) in [5.74, 6) is -0.384. The normalized spacial score (nSPS) is 11.7. The van der Waals surface area contributed by atoms with Gasteiger partial charge in [0.05, 0.1) is 17.7 Å². The van der Waals surface area contributed by atoms with E-state index in [4.69, 9.17) is 4.74 Å². The first-order valence-electron chi connectivity index (χ1n) is 7.02. The molecule has 0 aliphatic carbocycles. The molecule has 0 heterocycles. The largest absolute Gasteiger partial charge is 0.462 e. The highest BCUT2D eigenvalue weighted by Crippen LogP contribution is 2.29. The minimum Gasteiger partial charge on any atom is -0.462 e. The van der Waals surface area contributed by atoms with Crippen molar-refractivity contribution in [1.29, 1.82) is 0 Å². The van der Waals surface area contributed by atoms with Crippen molar-refractivity contribution in [2.24, 2.45) is 0 Å². The summed E-state index contributed by atoms with van der Waals surface area (Å²) in [5.41, 5.74) is 1.28. The van der Waals surface area contributed by atoms with Crippen molar-refractivity contribution in [3.63, 3.8) is 0 Å². The number of ether oxygens (including phenoxy) is 1. The van der Waals surface area contributed by atoms with Crippen LogP contribution in [0.5, 0.6) is 0 Å². The number of carbonyl (C=O) groups excluding carboxylic acids is 1. The predicted molar refractivity (Wildman–Crippen MR) is 82.8 cm³/mol. The summed E-state index contributed by atoms with van der Waals surface area (Å²) in [6.45, 7) is 2.05. The first-order chi connectivity index (χ1) is 10.9. The average Bonchev–Trinajstić information content (AvgIpc) is 2.53.